The van der Waals surface area contributed by atoms with E-state index in [4.69, 9.17) is 0 Å². The van der Waals surface area contributed by atoms with Crippen LogP contribution >= 0.6 is 0 Å². The van der Waals surface area contributed by atoms with E-state index in [1.54, 1.807) is 31.4 Å². The van der Waals surface area contributed by atoms with Gasteiger partial charge >= 0.3 is 0 Å². The van der Waals surface area contributed by atoms with E-state index in [0.29, 0.717) is 22.6 Å². The summed E-state index contributed by atoms with van der Waals surface area (Å²) in [5.41, 5.74) is 4.52. The molecule has 0 spiro atoms. The molecule has 10 nitrogen and oxygen atoms in total. The lowest BCUT2D eigenvalue weighted by Crippen LogP contribution is -2.29. The molecule has 1 heterocycles. The molecule has 0 saturated heterocycles. The standard InChI is InChI=1S/C31H33N5O5S/c1-19-24(8-7-9-25(19)34-28(37)20-10-14-22(15-11-20)31(2,3)4)26-18-36(5)30(39)27(33-26)32-23-16-12-21(13-17-23)29(38)35-42(6,40)41/h7-18H,1-6H3,(H,32,33)(H,34,37)(H,35,38). The van der Waals surface area contributed by atoms with Crippen LogP contribution in [0.1, 0.15) is 52.6 Å². The van der Waals surface area contributed by atoms with Gasteiger partial charge in [0, 0.05) is 41.3 Å². The minimum atomic E-state index is -3.70. The number of hydrogen-bond acceptors (Lipinski definition) is 7. The number of hydrogen-bond donors (Lipinski definition) is 3. The molecule has 3 aromatic carbocycles. The molecule has 0 aliphatic heterocycles. The molecular formula is C31H33N5O5S. The van der Waals surface area contributed by atoms with Crippen molar-refractivity contribution in [3.63, 3.8) is 0 Å². The third kappa shape index (κ3) is 7.10. The quantitative estimate of drug-likeness (QED) is 0.284. The van der Waals surface area contributed by atoms with Crippen molar-refractivity contribution in [1.29, 1.82) is 0 Å². The molecule has 0 saturated carbocycles. The Hall–Kier alpha value is -4.77. The van der Waals surface area contributed by atoms with Gasteiger partial charge < -0.3 is 15.2 Å². The fraction of sp³-hybridized carbons (Fsp3) is 0.226. The summed E-state index contributed by atoms with van der Waals surface area (Å²) in [6.07, 6.45) is 2.51. The van der Waals surface area contributed by atoms with Gasteiger partial charge in [-0.15, -0.1) is 0 Å². The number of anilines is 3. The third-order valence-electron chi connectivity index (χ3n) is 6.63. The summed E-state index contributed by atoms with van der Waals surface area (Å²) in [6.45, 7) is 8.22. The molecule has 4 aromatic rings. The van der Waals surface area contributed by atoms with Gasteiger partial charge in [0.05, 0.1) is 11.9 Å². The molecule has 0 unspecified atom stereocenters. The SMILES string of the molecule is Cc1c(NC(=O)c2ccc(C(C)(C)C)cc2)cccc1-c1cn(C)c(=O)c(Nc2ccc(C(=O)NS(C)(=O)=O)cc2)n1. The maximum absolute atomic E-state index is 13.0. The average molecular weight is 588 g/mol. The largest absolute Gasteiger partial charge is 0.336 e. The van der Waals surface area contributed by atoms with Crippen LogP contribution in [0.4, 0.5) is 17.2 Å². The Morgan fingerprint density at radius 2 is 1.48 bits per heavy atom. The maximum Gasteiger partial charge on any atom is 0.293 e. The Kier molecular flexibility index (Phi) is 8.35. The van der Waals surface area contributed by atoms with Gasteiger partial charge in [0.15, 0.2) is 5.82 Å². The maximum atomic E-state index is 13.0. The fourth-order valence-electron chi connectivity index (χ4n) is 4.25. The normalized spacial score (nSPS) is 11.6. The first-order chi connectivity index (χ1) is 19.6. The van der Waals surface area contributed by atoms with Crippen LogP contribution in [0.15, 0.2) is 77.7 Å². The number of rotatable bonds is 7. The molecule has 0 aliphatic carbocycles. The van der Waals surface area contributed by atoms with Crippen LogP contribution in [0.2, 0.25) is 0 Å². The van der Waals surface area contributed by atoms with Crippen LogP contribution < -0.4 is 20.9 Å². The number of carbonyl (C=O) groups is 2. The average Bonchev–Trinajstić information content (AvgIpc) is 2.91. The molecule has 2 amide bonds. The Bertz CT molecular complexity index is 1820. The second-order valence-corrected chi connectivity index (χ2v) is 12.8. The number of benzene rings is 3. The number of carbonyl (C=O) groups excluding carboxylic acids is 2. The minimum absolute atomic E-state index is 0.0174. The van der Waals surface area contributed by atoms with Crippen molar-refractivity contribution in [3.8, 4) is 11.3 Å². The fourth-order valence-corrected chi connectivity index (χ4v) is 4.71. The minimum Gasteiger partial charge on any atom is -0.336 e. The lowest BCUT2D eigenvalue weighted by Gasteiger charge is -2.19. The van der Waals surface area contributed by atoms with Gasteiger partial charge in [-0.25, -0.2) is 18.1 Å². The number of aryl methyl sites for hydroxylation is 1. The van der Waals surface area contributed by atoms with E-state index in [0.717, 1.165) is 22.9 Å². The monoisotopic (exact) mass is 587 g/mol. The summed E-state index contributed by atoms with van der Waals surface area (Å²) >= 11 is 0. The van der Waals surface area contributed by atoms with Gasteiger partial charge in [0.1, 0.15) is 0 Å². The molecule has 11 heteroatoms. The highest BCUT2D eigenvalue weighted by Gasteiger charge is 2.17. The van der Waals surface area contributed by atoms with Crippen molar-refractivity contribution in [1.82, 2.24) is 14.3 Å². The van der Waals surface area contributed by atoms with Crippen LogP contribution in [0, 0.1) is 6.92 Å². The Labute approximate surface area is 244 Å². The topological polar surface area (TPSA) is 139 Å². The van der Waals surface area contributed by atoms with Crippen LogP contribution in [-0.2, 0) is 22.5 Å². The van der Waals surface area contributed by atoms with Gasteiger partial charge in [0.2, 0.25) is 10.0 Å². The van der Waals surface area contributed by atoms with Crippen LogP contribution in [-0.4, -0.2) is 36.0 Å². The molecule has 1 aromatic heterocycles. The second kappa shape index (κ2) is 11.6. The molecule has 0 radical (unpaired) electrons. The summed E-state index contributed by atoms with van der Waals surface area (Å²) in [7, 11) is -2.09. The summed E-state index contributed by atoms with van der Waals surface area (Å²) in [6, 6.07) is 19.0. The smallest absolute Gasteiger partial charge is 0.293 e. The summed E-state index contributed by atoms with van der Waals surface area (Å²) in [4.78, 5) is 42.6. The summed E-state index contributed by atoms with van der Waals surface area (Å²) < 4.78 is 26.0. The predicted octanol–water partition coefficient (Wildman–Crippen LogP) is 4.74. The summed E-state index contributed by atoms with van der Waals surface area (Å²) in [5.74, 6) is -0.944. The number of nitrogens with one attached hydrogen (secondary N) is 3. The van der Waals surface area contributed by atoms with E-state index >= 15 is 0 Å². The molecule has 218 valence electrons. The zero-order chi connectivity index (χ0) is 30.8. The van der Waals surface area contributed by atoms with Gasteiger partial charge in [-0.2, -0.15) is 0 Å². The number of amides is 2. The first-order valence-electron chi connectivity index (χ1n) is 13.1. The number of nitrogens with zero attached hydrogens (tertiary/aromatic N) is 2. The van der Waals surface area contributed by atoms with Crippen molar-refractivity contribution in [2.24, 2.45) is 7.05 Å². The van der Waals surface area contributed by atoms with Crippen molar-refractivity contribution >= 4 is 39.0 Å². The molecule has 3 N–H and O–H groups in total. The first-order valence-corrected chi connectivity index (χ1v) is 15.0. The van der Waals surface area contributed by atoms with Crippen molar-refractivity contribution in [3.05, 3.63) is 106 Å². The predicted molar refractivity (Wildman–Crippen MR) is 165 cm³/mol. The first kappa shape index (κ1) is 30.2. The highest BCUT2D eigenvalue weighted by atomic mass is 32.2. The van der Waals surface area contributed by atoms with E-state index < -0.39 is 15.9 Å². The Morgan fingerprint density at radius 3 is 2.07 bits per heavy atom. The molecule has 42 heavy (non-hydrogen) atoms. The molecule has 0 fully saturated rings. The van der Waals surface area contributed by atoms with Crippen LogP contribution in [0.25, 0.3) is 11.3 Å². The Morgan fingerprint density at radius 1 is 0.881 bits per heavy atom. The van der Waals surface area contributed by atoms with Gasteiger partial charge in [-0.1, -0.05) is 45.0 Å². The molecule has 0 bridgehead atoms. The van der Waals surface area contributed by atoms with E-state index in [1.807, 2.05) is 48.0 Å². The van der Waals surface area contributed by atoms with Crippen LogP contribution in [0.3, 0.4) is 0 Å². The van der Waals surface area contributed by atoms with Crippen molar-refractivity contribution < 1.29 is 18.0 Å². The highest BCUT2D eigenvalue weighted by Crippen LogP contribution is 2.29. The zero-order valence-corrected chi connectivity index (χ0v) is 25.1. The van der Waals surface area contributed by atoms with Crippen molar-refractivity contribution in [2.75, 3.05) is 16.9 Å². The highest BCUT2D eigenvalue weighted by molar-refractivity contribution is 7.89. The van der Waals surface area contributed by atoms with Gasteiger partial charge in [0.25, 0.3) is 17.4 Å². The number of aromatic nitrogens is 2. The Balaban J connectivity index is 1.58. The van der Waals surface area contributed by atoms with E-state index in [-0.39, 0.29) is 28.3 Å². The molecule has 4 rings (SSSR count). The molecule has 0 aliphatic rings. The van der Waals surface area contributed by atoms with Crippen molar-refractivity contribution in [2.45, 2.75) is 33.1 Å². The number of sulfonamides is 1. The second-order valence-electron chi connectivity index (χ2n) is 11.1. The molecule has 0 atom stereocenters. The van der Waals surface area contributed by atoms with E-state index in [9.17, 15) is 22.8 Å². The third-order valence-corrected chi connectivity index (χ3v) is 7.19. The lowest BCUT2D eigenvalue weighted by molar-refractivity contribution is 0.0980. The van der Waals surface area contributed by atoms with Crippen LogP contribution in [0.5, 0.6) is 0 Å². The van der Waals surface area contributed by atoms with E-state index in [1.165, 1.54) is 16.7 Å². The van der Waals surface area contributed by atoms with E-state index in [2.05, 4.69) is 36.4 Å². The zero-order valence-electron chi connectivity index (χ0n) is 24.3. The lowest BCUT2D eigenvalue weighted by atomic mass is 9.86. The summed E-state index contributed by atoms with van der Waals surface area (Å²) in [5, 5.41) is 5.96. The van der Waals surface area contributed by atoms with Gasteiger partial charge in [-0.05, 0) is 65.9 Å². The molecular weight excluding hydrogens is 554 g/mol. The van der Waals surface area contributed by atoms with Gasteiger partial charge in [-0.3, -0.25) is 14.4 Å².